The minimum absolute atomic E-state index is 0.188. The van der Waals surface area contributed by atoms with Crippen molar-refractivity contribution in [2.75, 3.05) is 0 Å². The first-order valence-corrected chi connectivity index (χ1v) is 8.37. The smallest absolute Gasteiger partial charge is 0.161 e. The number of carbonyl (C=O) groups is 1. The van der Waals surface area contributed by atoms with Crippen molar-refractivity contribution < 1.29 is 4.79 Å². The Hall–Kier alpha value is -1.93. The van der Waals surface area contributed by atoms with E-state index in [2.05, 4.69) is 13.8 Å². The molecule has 0 bridgehead atoms. The lowest BCUT2D eigenvalue weighted by molar-refractivity contribution is -0.119. The number of Topliss-reactive ketones (excluding diaryl/α,β-unsaturated/α-hetero) is 1. The second kappa shape index (κ2) is 6.67. The van der Waals surface area contributed by atoms with E-state index < -0.39 is 0 Å². The van der Waals surface area contributed by atoms with Crippen molar-refractivity contribution in [1.82, 2.24) is 0 Å². The van der Waals surface area contributed by atoms with Gasteiger partial charge < -0.3 is 0 Å². The predicted molar refractivity (Wildman–Crippen MR) is 95.5 cm³/mol. The van der Waals surface area contributed by atoms with Gasteiger partial charge in [0.2, 0.25) is 0 Å². The fraction of sp³-hybridized carbons (Fsp3) is 0.300. The van der Waals surface area contributed by atoms with Gasteiger partial charge in [-0.15, -0.1) is 0 Å². The monoisotopic (exact) mass is 325 g/mol. The molecule has 0 radical (unpaired) electrons. The Balaban J connectivity index is 2.16. The van der Waals surface area contributed by atoms with Gasteiger partial charge in [0.1, 0.15) is 6.04 Å². The van der Waals surface area contributed by atoms with Crippen LogP contribution in [-0.2, 0) is 11.2 Å². The van der Waals surface area contributed by atoms with E-state index in [1.54, 1.807) is 0 Å². The van der Waals surface area contributed by atoms with Crippen LogP contribution in [0.1, 0.15) is 37.0 Å². The molecule has 1 aliphatic heterocycles. The van der Waals surface area contributed by atoms with Crippen molar-refractivity contribution in [2.45, 2.75) is 32.7 Å². The SMILES string of the molecule is CC(C)C[C@@H]1N=C(c2ccccc2)c2cc(Cl)ccc2CC1=O. The minimum Gasteiger partial charge on any atom is -0.297 e. The van der Waals surface area contributed by atoms with Gasteiger partial charge in [0.05, 0.1) is 5.71 Å². The molecule has 118 valence electrons. The highest BCUT2D eigenvalue weighted by Crippen LogP contribution is 2.26. The predicted octanol–water partition coefficient (Wildman–Crippen LogP) is 4.72. The third-order valence-corrected chi connectivity index (χ3v) is 4.33. The summed E-state index contributed by atoms with van der Waals surface area (Å²) >= 11 is 6.20. The van der Waals surface area contributed by atoms with E-state index >= 15 is 0 Å². The van der Waals surface area contributed by atoms with Gasteiger partial charge in [-0.1, -0.05) is 61.8 Å². The molecule has 1 aliphatic rings. The van der Waals surface area contributed by atoms with Crippen LogP contribution in [-0.4, -0.2) is 17.5 Å². The number of aliphatic imine (C=N–C) groups is 1. The maximum absolute atomic E-state index is 12.6. The van der Waals surface area contributed by atoms with Gasteiger partial charge in [0.15, 0.2) is 5.78 Å². The van der Waals surface area contributed by atoms with Gasteiger partial charge in [-0.2, -0.15) is 0 Å². The van der Waals surface area contributed by atoms with Crippen LogP contribution >= 0.6 is 11.6 Å². The Bertz CT molecular complexity index is 749. The number of rotatable bonds is 3. The molecule has 23 heavy (non-hydrogen) atoms. The molecule has 3 rings (SSSR count). The first-order chi connectivity index (χ1) is 11.0. The molecule has 0 amide bonds. The Morgan fingerprint density at radius 1 is 1.17 bits per heavy atom. The maximum Gasteiger partial charge on any atom is 0.161 e. The van der Waals surface area contributed by atoms with Crippen LogP contribution in [0.3, 0.4) is 0 Å². The highest BCUT2D eigenvalue weighted by molar-refractivity contribution is 6.31. The quantitative estimate of drug-likeness (QED) is 0.803. The minimum atomic E-state index is -0.281. The topological polar surface area (TPSA) is 29.4 Å². The maximum atomic E-state index is 12.6. The Morgan fingerprint density at radius 3 is 2.61 bits per heavy atom. The van der Waals surface area contributed by atoms with Gasteiger partial charge in [-0.25, -0.2) is 0 Å². The molecule has 2 nitrogen and oxygen atoms in total. The van der Waals surface area contributed by atoms with Gasteiger partial charge in [0.25, 0.3) is 0 Å². The molecular weight excluding hydrogens is 306 g/mol. The van der Waals surface area contributed by atoms with Crippen molar-refractivity contribution in [3.63, 3.8) is 0 Å². The number of benzene rings is 2. The third kappa shape index (κ3) is 3.53. The number of carbonyl (C=O) groups excluding carboxylic acids is 1. The second-order valence-corrected chi connectivity index (χ2v) is 6.87. The van der Waals surface area contributed by atoms with Crippen LogP contribution in [0.25, 0.3) is 0 Å². The molecule has 2 aromatic rings. The highest BCUT2D eigenvalue weighted by atomic mass is 35.5. The zero-order valence-electron chi connectivity index (χ0n) is 13.4. The van der Waals surface area contributed by atoms with Crippen molar-refractivity contribution in [1.29, 1.82) is 0 Å². The van der Waals surface area contributed by atoms with E-state index in [0.717, 1.165) is 28.8 Å². The average Bonchev–Trinajstić information content (AvgIpc) is 2.65. The van der Waals surface area contributed by atoms with Crippen molar-refractivity contribution in [3.8, 4) is 0 Å². The Kier molecular flexibility index (Phi) is 4.63. The lowest BCUT2D eigenvalue weighted by atomic mass is 9.94. The first-order valence-electron chi connectivity index (χ1n) is 7.99. The van der Waals surface area contributed by atoms with E-state index in [1.165, 1.54) is 0 Å². The van der Waals surface area contributed by atoms with Gasteiger partial charge in [-0.3, -0.25) is 9.79 Å². The summed E-state index contributed by atoms with van der Waals surface area (Å²) in [7, 11) is 0. The van der Waals surface area contributed by atoms with Crippen LogP contribution in [0.2, 0.25) is 5.02 Å². The van der Waals surface area contributed by atoms with Crippen LogP contribution in [0.4, 0.5) is 0 Å². The molecule has 0 aliphatic carbocycles. The normalized spacial score (nSPS) is 17.7. The average molecular weight is 326 g/mol. The summed E-state index contributed by atoms with van der Waals surface area (Å²) < 4.78 is 0. The molecule has 0 fully saturated rings. The largest absolute Gasteiger partial charge is 0.297 e. The second-order valence-electron chi connectivity index (χ2n) is 6.43. The number of hydrogen-bond acceptors (Lipinski definition) is 2. The molecule has 0 aromatic heterocycles. The summed E-state index contributed by atoms with van der Waals surface area (Å²) in [5.41, 5.74) is 3.88. The van der Waals surface area contributed by atoms with E-state index in [0.29, 0.717) is 17.4 Å². The zero-order chi connectivity index (χ0) is 16.4. The van der Waals surface area contributed by atoms with Gasteiger partial charge in [0, 0.05) is 22.6 Å². The highest BCUT2D eigenvalue weighted by Gasteiger charge is 2.26. The molecular formula is C20H20ClNO. The molecule has 1 heterocycles. The summed E-state index contributed by atoms with van der Waals surface area (Å²) in [6, 6.07) is 15.5. The fourth-order valence-corrected chi connectivity index (χ4v) is 3.16. The van der Waals surface area contributed by atoms with Gasteiger partial charge >= 0.3 is 0 Å². The molecule has 0 saturated carbocycles. The third-order valence-electron chi connectivity index (χ3n) is 4.09. The number of halogens is 1. The summed E-state index contributed by atoms with van der Waals surface area (Å²) in [4.78, 5) is 17.5. The summed E-state index contributed by atoms with van der Waals surface area (Å²) in [6.45, 7) is 4.25. The molecule has 0 N–H and O–H groups in total. The Morgan fingerprint density at radius 2 is 1.91 bits per heavy atom. The van der Waals surface area contributed by atoms with Crippen LogP contribution in [0, 0.1) is 5.92 Å². The van der Waals surface area contributed by atoms with Crippen LogP contribution in [0.5, 0.6) is 0 Å². The van der Waals surface area contributed by atoms with Crippen molar-refractivity contribution in [3.05, 3.63) is 70.2 Å². The summed E-state index contributed by atoms with van der Waals surface area (Å²) in [5.74, 6) is 0.614. The van der Waals surface area contributed by atoms with Crippen molar-refractivity contribution >= 4 is 23.1 Å². The van der Waals surface area contributed by atoms with E-state index in [-0.39, 0.29) is 11.8 Å². The van der Waals surface area contributed by atoms with Crippen molar-refractivity contribution in [2.24, 2.45) is 10.9 Å². The van der Waals surface area contributed by atoms with E-state index in [4.69, 9.17) is 16.6 Å². The van der Waals surface area contributed by atoms with Crippen LogP contribution < -0.4 is 0 Å². The summed E-state index contributed by atoms with van der Waals surface area (Å²) in [5, 5.41) is 0.669. The molecule has 1 atom stereocenters. The molecule has 0 spiro atoms. The lowest BCUT2D eigenvalue weighted by Crippen LogP contribution is -2.22. The molecule has 3 heteroatoms. The zero-order valence-corrected chi connectivity index (χ0v) is 14.2. The standard InChI is InChI=1S/C20H20ClNO/c1-13(2)10-18-19(23)11-15-8-9-16(21)12-17(15)20(22-18)14-6-4-3-5-7-14/h3-9,12-13,18H,10-11H2,1-2H3/t18-/m0/s1. The first kappa shape index (κ1) is 15.9. The lowest BCUT2D eigenvalue weighted by Gasteiger charge is -2.13. The fourth-order valence-electron chi connectivity index (χ4n) is 2.98. The summed E-state index contributed by atoms with van der Waals surface area (Å²) in [6.07, 6.45) is 1.20. The van der Waals surface area contributed by atoms with E-state index in [1.807, 2.05) is 48.5 Å². The van der Waals surface area contributed by atoms with Gasteiger partial charge in [-0.05, 0) is 30.0 Å². The van der Waals surface area contributed by atoms with E-state index in [9.17, 15) is 4.79 Å². The number of fused-ring (bicyclic) bond motifs is 1. The van der Waals surface area contributed by atoms with Crippen LogP contribution in [0.15, 0.2) is 53.5 Å². The molecule has 2 aromatic carbocycles. The molecule has 0 unspecified atom stereocenters. The number of hydrogen-bond donors (Lipinski definition) is 0. The Labute approximate surface area is 142 Å². The number of nitrogens with zero attached hydrogens (tertiary/aromatic N) is 1. The number of ketones is 1. The molecule has 0 saturated heterocycles.